The van der Waals surface area contributed by atoms with Crippen LogP contribution in [0.5, 0.6) is 11.5 Å². The number of carbonyl (C=O) groups excluding carboxylic acids is 2. The van der Waals surface area contributed by atoms with Gasteiger partial charge in [0.05, 0.1) is 29.7 Å². The van der Waals surface area contributed by atoms with Crippen molar-refractivity contribution in [3.05, 3.63) is 63.0 Å². The van der Waals surface area contributed by atoms with Crippen LogP contribution in [-0.4, -0.2) is 29.3 Å². The van der Waals surface area contributed by atoms with Crippen molar-refractivity contribution in [2.24, 2.45) is 0 Å². The minimum absolute atomic E-state index is 0.0643. The first-order valence-electron chi connectivity index (χ1n) is 9.13. The molecule has 0 saturated carbocycles. The molecule has 1 aliphatic rings. The van der Waals surface area contributed by atoms with Crippen LogP contribution in [0.15, 0.2) is 41.3 Å². The second-order valence-electron chi connectivity index (χ2n) is 6.95. The smallest absolute Gasteiger partial charge is 0.293 e. The fourth-order valence-corrected chi connectivity index (χ4v) is 3.94. The first-order chi connectivity index (χ1) is 13.8. The SMILES string of the molecule is COc1cc(/C=C2\SC(=O)N(Cc3ccc(C)cc3)C2=O)cc(Cl)c1OC(C)C. The minimum Gasteiger partial charge on any atom is -0.493 e. The highest BCUT2D eigenvalue weighted by molar-refractivity contribution is 8.18. The molecule has 2 amide bonds. The summed E-state index contributed by atoms with van der Waals surface area (Å²) in [6, 6.07) is 11.2. The maximum absolute atomic E-state index is 12.8. The van der Waals surface area contributed by atoms with Crippen LogP contribution in [0.2, 0.25) is 5.02 Å². The molecular formula is C22H22ClNO4S. The van der Waals surface area contributed by atoms with E-state index in [9.17, 15) is 9.59 Å². The van der Waals surface area contributed by atoms with Crippen molar-refractivity contribution in [3.63, 3.8) is 0 Å². The Kier molecular flexibility index (Phi) is 6.55. The molecular weight excluding hydrogens is 410 g/mol. The number of amides is 2. The van der Waals surface area contributed by atoms with Gasteiger partial charge < -0.3 is 9.47 Å². The molecule has 0 unspecified atom stereocenters. The molecule has 3 rings (SSSR count). The van der Waals surface area contributed by atoms with Gasteiger partial charge in [-0.3, -0.25) is 14.5 Å². The number of aryl methyl sites for hydroxylation is 1. The molecule has 0 atom stereocenters. The average Bonchev–Trinajstić information content (AvgIpc) is 2.92. The molecule has 2 aromatic carbocycles. The number of ether oxygens (including phenoxy) is 2. The molecule has 152 valence electrons. The van der Waals surface area contributed by atoms with Crippen molar-refractivity contribution in [2.45, 2.75) is 33.4 Å². The summed E-state index contributed by atoms with van der Waals surface area (Å²) in [6.07, 6.45) is 1.58. The first-order valence-corrected chi connectivity index (χ1v) is 10.3. The van der Waals surface area contributed by atoms with E-state index in [1.807, 2.05) is 45.0 Å². The average molecular weight is 432 g/mol. The van der Waals surface area contributed by atoms with Gasteiger partial charge in [-0.1, -0.05) is 41.4 Å². The van der Waals surface area contributed by atoms with Crippen LogP contribution >= 0.6 is 23.4 Å². The number of imide groups is 1. The van der Waals surface area contributed by atoms with Gasteiger partial charge in [0, 0.05) is 0 Å². The zero-order valence-corrected chi connectivity index (χ0v) is 18.3. The summed E-state index contributed by atoms with van der Waals surface area (Å²) in [6.45, 7) is 6.03. The fourth-order valence-electron chi connectivity index (χ4n) is 2.84. The van der Waals surface area contributed by atoms with Crippen molar-refractivity contribution in [1.29, 1.82) is 0 Å². The normalized spacial score (nSPS) is 15.5. The topological polar surface area (TPSA) is 55.8 Å². The fraction of sp³-hybridized carbons (Fsp3) is 0.273. The van der Waals surface area contributed by atoms with E-state index in [-0.39, 0.29) is 23.8 Å². The van der Waals surface area contributed by atoms with Gasteiger partial charge in [-0.25, -0.2) is 0 Å². The van der Waals surface area contributed by atoms with Gasteiger partial charge in [-0.15, -0.1) is 0 Å². The Balaban J connectivity index is 1.85. The molecule has 7 heteroatoms. The van der Waals surface area contributed by atoms with Crippen molar-refractivity contribution < 1.29 is 19.1 Å². The molecule has 1 heterocycles. The van der Waals surface area contributed by atoms with Gasteiger partial charge in [0.25, 0.3) is 11.1 Å². The highest BCUT2D eigenvalue weighted by Gasteiger charge is 2.35. The lowest BCUT2D eigenvalue weighted by atomic mass is 10.1. The van der Waals surface area contributed by atoms with E-state index in [1.165, 1.54) is 12.0 Å². The molecule has 29 heavy (non-hydrogen) atoms. The number of hydrogen-bond donors (Lipinski definition) is 0. The summed E-state index contributed by atoms with van der Waals surface area (Å²) < 4.78 is 11.1. The second-order valence-corrected chi connectivity index (χ2v) is 8.35. The molecule has 0 spiro atoms. The third kappa shape index (κ3) is 4.95. The lowest BCUT2D eigenvalue weighted by Gasteiger charge is -2.15. The molecule has 0 aliphatic carbocycles. The summed E-state index contributed by atoms with van der Waals surface area (Å²) in [5.41, 5.74) is 2.68. The van der Waals surface area contributed by atoms with Crippen LogP contribution in [-0.2, 0) is 11.3 Å². The number of methoxy groups -OCH3 is 1. The number of hydrogen-bond acceptors (Lipinski definition) is 5. The molecule has 2 aromatic rings. The summed E-state index contributed by atoms with van der Waals surface area (Å²) in [4.78, 5) is 26.7. The van der Waals surface area contributed by atoms with Gasteiger partial charge in [-0.2, -0.15) is 0 Å². The Morgan fingerprint density at radius 3 is 2.48 bits per heavy atom. The lowest BCUT2D eigenvalue weighted by molar-refractivity contribution is -0.123. The van der Waals surface area contributed by atoms with Gasteiger partial charge in [0.2, 0.25) is 0 Å². The standard InChI is InChI=1S/C22H22ClNO4S/c1-13(2)28-20-17(23)9-16(10-18(20)27-4)11-19-21(25)24(22(26)29-19)12-15-7-5-14(3)6-8-15/h5-11,13H,12H2,1-4H3/b19-11-. The maximum atomic E-state index is 12.8. The van der Waals surface area contributed by atoms with Crippen molar-refractivity contribution in [3.8, 4) is 11.5 Å². The van der Waals surface area contributed by atoms with Gasteiger partial charge >= 0.3 is 0 Å². The summed E-state index contributed by atoms with van der Waals surface area (Å²) in [5.74, 6) is 0.600. The number of rotatable bonds is 6. The first kappa shape index (κ1) is 21.3. The number of carbonyl (C=O) groups is 2. The quantitative estimate of drug-likeness (QED) is 0.550. The van der Waals surface area contributed by atoms with Crippen molar-refractivity contribution in [2.75, 3.05) is 7.11 Å². The molecule has 0 N–H and O–H groups in total. The van der Waals surface area contributed by atoms with Crippen LogP contribution < -0.4 is 9.47 Å². The Labute approximate surface area is 179 Å². The van der Waals surface area contributed by atoms with Crippen LogP contribution in [0.4, 0.5) is 4.79 Å². The van der Waals surface area contributed by atoms with Crippen LogP contribution in [0.25, 0.3) is 6.08 Å². The maximum Gasteiger partial charge on any atom is 0.293 e. The Morgan fingerprint density at radius 2 is 1.86 bits per heavy atom. The van der Waals surface area contributed by atoms with Crippen LogP contribution in [0.3, 0.4) is 0 Å². The summed E-state index contributed by atoms with van der Waals surface area (Å²) >= 11 is 7.27. The molecule has 0 aromatic heterocycles. The lowest BCUT2D eigenvalue weighted by Crippen LogP contribution is -2.27. The van der Waals surface area contributed by atoms with E-state index in [0.29, 0.717) is 27.0 Å². The minimum atomic E-state index is -0.321. The van der Waals surface area contributed by atoms with E-state index in [4.69, 9.17) is 21.1 Å². The van der Waals surface area contributed by atoms with Crippen molar-refractivity contribution in [1.82, 2.24) is 4.90 Å². The van der Waals surface area contributed by atoms with E-state index < -0.39 is 0 Å². The third-order valence-corrected chi connectivity index (χ3v) is 5.43. The Morgan fingerprint density at radius 1 is 1.17 bits per heavy atom. The predicted molar refractivity (Wildman–Crippen MR) is 116 cm³/mol. The molecule has 5 nitrogen and oxygen atoms in total. The van der Waals surface area contributed by atoms with E-state index in [0.717, 1.165) is 22.9 Å². The van der Waals surface area contributed by atoms with Gasteiger partial charge in [0.1, 0.15) is 0 Å². The largest absolute Gasteiger partial charge is 0.493 e. The molecule has 1 saturated heterocycles. The summed E-state index contributed by atoms with van der Waals surface area (Å²) in [5, 5.41) is 0.0860. The van der Waals surface area contributed by atoms with E-state index in [2.05, 4.69) is 0 Å². The molecule has 0 bridgehead atoms. The molecule has 0 radical (unpaired) electrons. The number of nitrogens with zero attached hydrogens (tertiary/aromatic N) is 1. The monoisotopic (exact) mass is 431 g/mol. The van der Waals surface area contributed by atoms with Crippen molar-refractivity contribution >= 4 is 40.6 Å². The van der Waals surface area contributed by atoms with Gasteiger partial charge in [0.15, 0.2) is 11.5 Å². The highest BCUT2D eigenvalue weighted by atomic mass is 35.5. The number of thioether (sulfide) groups is 1. The summed E-state index contributed by atoms with van der Waals surface area (Å²) in [7, 11) is 1.53. The van der Waals surface area contributed by atoms with Crippen LogP contribution in [0, 0.1) is 6.92 Å². The zero-order chi connectivity index (χ0) is 21.1. The number of benzene rings is 2. The Hall–Kier alpha value is -2.44. The molecule has 1 aliphatic heterocycles. The van der Waals surface area contributed by atoms with E-state index in [1.54, 1.807) is 18.2 Å². The zero-order valence-electron chi connectivity index (χ0n) is 16.7. The highest BCUT2D eigenvalue weighted by Crippen LogP contribution is 2.39. The second kappa shape index (κ2) is 8.93. The molecule has 1 fully saturated rings. The Bertz CT molecular complexity index is 970. The van der Waals surface area contributed by atoms with Crippen LogP contribution in [0.1, 0.15) is 30.5 Å². The third-order valence-electron chi connectivity index (χ3n) is 4.24. The van der Waals surface area contributed by atoms with Gasteiger partial charge in [-0.05, 0) is 61.9 Å². The van der Waals surface area contributed by atoms with E-state index >= 15 is 0 Å². The predicted octanol–water partition coefficient (Wildman–Crippen LogP) is 5.68. The number of halogens is 1.